The van der Waals surface area contributed by atoms with Gasteiger partial charge in [-0.3, -0.25) is 14.8 Å². The second-order valence-electron chi connectivity index (χ2n) is 5.52. The van der Waals surface area contributed by atoms with Crippen LogP contribution in [0.2, 0.25) is 4.34 Å². The number of carbonyl (C=O) groups excluding carboxylic acids is 1. The van der Waals surface area contributed by atoms with Crippen molar-refractivity contribution in [1.82, 2.24) is 19.7 Å². The van der Waals surface area contributed by atoms with E-state index in [1.54, 1.807) is 12.3 Å². The average molecular weight is 362 g/mol. The second-order valence-corrected chi connectivity index (χ2v) is 7.23. The van der Waals surface area contributed by atoms with Gasteiger partial charge in [0.05, 0.1) is 14.9 Å². The highest BCUT2D eigenvalue weighted by Crippen LogP contribution is 2.36. The largest absolute Gasteiger partial charge is 0.295 e. The predicted octanol–water partition coefficient (Wildman–Crippen LogP) is 4.26. The number of thiophene rings is 1. The Morgan fingerprint density at radius 2 is 2.12 bits per heavy atom. The number of rotatable bonds is 4. The molecule has 0 saturated carbocycles. The van der Waals surface area contributed by atoms with E-state index in [0.29, 0.717) is 10.0 Å². The zero-order chi connectivity index (χ0) is 17.3. The van der Waals surface area contributed by atoms with E-state index in [1.165, 1.54) is 18.3 Å². The van der Waals surface area contributed by atoms with Crippen LogP contribution in [0, 0.1) is 0 Å². The summed E-state index contributed by atoms with van der Waals surface area (Å²) in [6, 6.07) is 5.80. The third-order valence-corrected chi connectivity index (χ3v) is 4.52. The van der Waals surface area contributed by atoms with Gasteiger partial charge >= 0.3 is 0 Å². The van der Waals surface area contributed by atoms with Crippen LogP contribution in [0.5, 0.6) is 0 Å². The van der Waals surface area contributed by atoms with Gasteiger partial charge in [-0.05, 0) is 32.0 Å². The number of aromatic nitrogens is 4. The summed E-state index contributed by atoms with van der Waals surface area (Å²) in [6.07, 6.45) is 3.57. The summed E-state index contributed by atoms with van der Waals surface area (Å²) in [4.78, 5) is 20.7. The molecule has 0 aliphatic carbocycles. The van der Waals surface area contributed by atoms with Crippen LogP contribution in [0.1, 0.15) is 26.8 Å². The summed E-state index contributed by atoms with van der Waals surface area (Å²) >= 11 is 7.54. The number of anilines is 1. The van der Waals surface area contributed by atoms with Crippen LogP contribution in [-0.2, 0) is 4.79 Å². The number of hydrogen-bond acceptors (Lipinski definition) is 5. The van der Waals surface area contributed by atoms with Crippen molar-refractivity contribution in [3.63, 3.8) is 0 Å². The Morgan fingerprint density at radius 1 is 1.33 bits per heavy atom. The van der Waals surface area contributed by atoms with E-state index in [1.807, 2.05) is 23.0 Å². The minimum atomic E-state index is -0.213. The molecule has 0 aliphatic heterocycles. The van der Waals surface area contributed by atoms with E-state index in [9.17, 15) is 4.79 Å². The first-order chi connectivity index (χ1) is 11.4. The van der Waals surface area contributed by atoms with E-state index in [-0.39, 0.29) is 17.9 Å². The molecule has 0 fully saturated rings. The maximum Gasteiger partial charge on any atom is 0.229 e. The molecule has 1 N–H and O–H groups in total. The Balaban J connectivity index is 2.11. The number of nitrogens with zero attached hydrogens (tertiary/aromatic N) is 4. The van der Waals surface area contributed by atoms with Gasteiger partial charge in [-0.1, -0.05) is 11.6 Å². The predicted molar refractivity (Wildman–Crippen MR) is 96.3 cm³/mol. The standard InChI is InChI=1S/C16H16ClN5OS/c1-9(2)22-8-11(15(21-22)13-4-5-14(17)24-13)12-6-7-18-16(20-12)19-10(3)23/h4-9H,1-3H3,(H,18,19,20,23). The molecule has 1 amide bonds. The summed E-state index contributed by atoms with van der Waals surface area (Å²) in [5, 5.41) is 7.28. The van der Waals surface area contributed by atoms with E-state index in [0.717, 1.165) is 16.1 Å². The second kappa shape index (κ2) is 6.70. The maximum absolute atomic E-state index is 11.2. The van der Waals surface area contributed by atoms with Crippen LogP contribution in [0.4, 0.5) is 5.95 Å². The highest BCUT2D eigenvalue weighted by molar-refractivity contribution is 7.19. The fourth-order valence-corrected chi connectivity index (χ4v) is 3.24. The number of carbonyl (C=O) groups is 1. The quantitative estimate of drug-likeness (QED) is 0.753. The van der Waals surface area contributed by atoms with Gasteiger partial charge in [0.1, 0.15) is 5.69 Å². The van der Waals surface area contributed by atoms with Crippen LogP contribution in [0.3, 0.4) is 0 Å². The SMILES string of the molecule is CC(=O)Nc1nccc(-c2cn(C(C)C)nc2-c2ccc(Cl)s2)n1. The summed E-state index contributed by atoms with van der Waals surface area (Å²) < 4.78 is 2.59. The number of halogens is 1. The van der Waals surface area contributed by atoms with Gasteiger partial charge in [0.2, 0.25) is 11.9 Å². The first-order valence-corrected chi connectivity index (χ1v) is 8.59. The molecule has 0 atom stereocenters. The van der Waals surface area contributed by atoms with Crippen molar-refractivity contribution in [2.45, 2.75) is 26.8 Å². The lowest BCUT2D eigenvalue weighted by Gasteiger charge is -2.04. The summed E-state index contributed by atoms with van der Waals surface area (Å²) in [7, 11) is 0. The minimum Gasteiger partial charge on any atom is -0.295 e. The van der Waals surface area contributed by atoms with E-state index < -0.39 is 0 Å². The van der Waals surface area contributed by atoms with Crippen LogP contribution in [-0.4, -0.2) is 25.7 Å². The molecule has 3 aromatic heterocycles. The third kappa shape index (κ3) is 3.47. The van der Waals surface area contributed by atoms with E-state index in [4.69, 9.17) is 11.6 Å². The lowest BCUT2D eigenvalue weighted by Crippen LogP contribution is -2.09. The van der Waals surface area contributed by atoms with Crippen LogP contribution in [0.25, 0.3) is 21.8 Å². The Morgan fingerprint density at radius 3 is 2.75 bits per heavy atom. The van der Waals surface area contributed by atoms with Crippen molar-refractivity contribution in [3.8, 4) is 21.8 Å². The summed E-state index contributed by atoms with van der Waals surface area (Å²) in [5.41, 5.74) is 2.38. The molecule has 124 valence electrons. The molecule has 0 aromatic carbocycles. The minimum absolute atomic E-state index is 0.213. The van der Waals surface area contributed by atoms with Crippen LogP contribution in [0.15, 0.2) is 30.6 Å². The highest BCUT2D eigenvalue weighted by atomic mass is 35.5. The average Bonchev–Trinajstić information content (AvgIpc) is 3.13. The molecule has 0 unspecified atom stereocenters. The van der Waals surface area contributed by atoms with Gasteiger partial charge in [-0.15, -0.1) is 11.3 Å². The first kappa shape index (κ1) is 16.6. The molecule has 3 rings (SSSR count). The molecule has 0 bridgehead atoms. The molecule has 0 saturated heterocycles. The van der Waals surface area contributed by atoms with E-state index in [2.05, 4.69) is 34.2 Å². The van der Waals surface area contributed by atoms with Gasteiger partial charge in [-0.2, -0.15) is 5.10 Å². The monoisotopic (exact) mass is 361 g/mol. The molecule has 0 spiro atoms. The van der Waals surface area contributed by atoms with Gasteiger partial charge < -0.3 is 0 Å². The zero-order valence-corrected chi connectivity index (χ0v) is 15.0. The molecule has 6 nitrogen and oxygen atoms in total. The highest BCUT2D eigenvalue weighted by Gasteiger charge is 2.17. The lowest BCUT2D eigenvalue weighted by atomic mass is 10.1. The molecular formula is C16H16ClN5OS. The fraction of sp³-hybridized carbons (Fsp3) is 0.250. The van der Waals surface area contributed by atoms with Gasteiger partial charge in [0.25, 0.3) is 0 Å². The normalized spacial score (nSPS) is 11.0. The summed E-state index contributed by atoms with van der Waals surface area (Å²) in [6.45, 7) is 5.54. The van der Waals surface area contributed by atoms with Crippen molar-refractivity contribution in [3.05, 3.63) is 34.9 Å². The van der Waals surface area contributed by atoms with Crippen molar-refractivity contribution in [1.29, 1.82) is 0 Å². The Kier molecular flexibility index (Phi) is 4.64. The van der Waals surface area contributed by atoms with E-state index >= 15 is 0 Å². The maximum atomic E-state index is 11.2. The fourth-order valence-electron chi connectivity index (χ4n) is 2.19. The van der Waals surface area contributed by atoms with Crippen molar-refractivity contribution >= 4 is 34.8 Å². The number of amides is 1. The summed E-state index contributed by atoms with van der Waals surface area (Å²) in [5.74, 6) is 0.0581. The third-order valence-electron chi connectivity index (χ3n) is 3.29. The van der Waals surface area contributed by atoms with Gasteiger partial charge in [0.15, 0.2) is 0 Å². The molecule has 3 aromatic rings. The Labute approximate surface area is 148 Å². The van der Waals surface area contributed by atoms with Crippen molar-refractivity contribution < 1.29 is 4.79 Å². The zero-order valence-electron chi connectivity index (χ0n) is 13.4. The molecular weight excluding hydrogens is 346 g/mol. The van der Waals surface area contributed by atoms with Crippen molar-refractivity contribution in [2.24, 2.45) is 0 Å². The molecule has 0 aliphatic rings. The Bertz CT molecular complexity index is 886. The van der Waals surface area contributed by atoms with Crippen molar-refractivity contribution in [2.75, 3.05) is 5.32 Å². The van der Waals surface area contributed by atoms with Crippen LogP contribution < -0.4 is 5.32 Å². The lowest BCUT2D eigenvalue weighted by molar-refractivity contribution is -0.114. The molecule has 8 heteroatoms. The molecule has 0 radical (unpaired) electrons. The molecule has 24 heavy (non-hydrogen) atoms. The molecule has 3 heterocycles. The topological polar surface area (TPSA) is 72.7 Å². The first-order valence-electron chi connectivity index (χ1n) is 7.40. The number of hydrogen-bond donors (Lipinski definition) is 1. The smallest absolute Gasteiger partial charge is 0.229 e. The van der Waals surface area contributed by atoms with Crippen LogP contribution >= 0.6 is 22.9 Å². The van der Waals surface area contributed by atoms with Gasteiger partial charge in [0, 0.05) is 30.9 Å². The van der Waals surface area contributed by atoms with Gasteiger partial charge in [-0.25, -0.2) is 9.97 Å². The number of nitrogens with one attached hydrogen (secondary N) is 1. The Hall–Kier alpha value is -2.25.